The topological polar surface area (TPSA) is 0 Å². The lowest BCUT2D eigenvalue weighted by Gasteiger charge is -2.06. The Morgan fingerprint density at radius 3 is 0.737 bits per heavy atom. The lowest BCUT2D eigenvalue weighted by Crippen LogP contribution is -1.88. The van der Waals surface area contributed by atoms with Gasteiger partial charge in [0.15, 0.2) is 0 Å². The summed E-state index contributed by atoms with van der Waals surface area (Å²) < 4.78 is 0. The molecule has 0 heterocycles. The molecule has 0 radical (unpaired) electrons. The Bertz CT molecular complexity index is 1130. The van der Waals surface area contributed by atoms with Gasteiger partial charge in [0.05, 0.1) is 0 Å². The molecule has 4 aromatic rings. The van der Waals surface area contributed by atoms with Gasteiger partial charge in [-0.15, -0.1) is 0 Å². The lowest BCUT2D eigenvalue weighted by atomic mass is 10.0. The summed E-state index contributed by atoms with van der Waals surface area (Å²) in [7, 11) is 0. The third kappa shape index (κ3) is 13.4. The molecule has 0 saturated carbocycles. The molecule has 0 fully saturated rings. The predicted molar refractivity (Wildman–Crippen MR) is 176 cm³/mol. The molecule has 0 saturated heterocycles. The first-order valence-electron chi connectivity index (χ1n) is 13.0. The maximum atomic E-state index is 2.20. The Kier molecular flexibility index (Phi) is 17.7. The minimum atomic E-state index is 0. The highest BCUT2D eigenvalue weighted by Crippen LogP contribution is 2.15. The molecule has 0 spiro atoms. The molecule has 0 aliphatic rings. The molecule has 0 aromatic heterocycles. The number of hydrogen-bond donors (Lipinski definition) is 0. The maximum absolute atomic E-state index is 2.20. The standard InChI is InChI=1S/C10H14.2C9H12.C8H10.2CH4/c1-7-5-6-8(2)10(4)9(7)3;2*1-7-4-5-8(2)9(3)6-7;1-7-3-5-8(2)6-4-7;;/h5-6H,1-4H3;2*4-6H,1-3H3;3-6H,1-2H3;2*1H4. The van der Waals surface area contributed by atoms with Crippen LogP contribution in [0, 0.1) is 83.1 Å². The SMILES string of the molecule is C.C.Cc1ccc(C)c(C)c1.Cc1ccc(C)c(C)c1.Cc1ccc(C)c(C)c1C.Cc1ccc(C)cc1. The summed E-state index contributed by atoms with van der Waals surface area (Å²) in [5.41, 5.74) is 16.5. The molecule has 0 unspecified atom stereocenters. The average Bonchev–Trinajstić information content (AvgIpc) is 2.83. The molecule has 0 amide bonds. The maximum Gasteiger partial charge on any atom is -0.0392 e. The van der Waals surface area contributed by atoms with E-state index in [2.05, 4.69) is 156 Å². The Hall–Kier alpha value is -3.12. The largest absolute Gasteiger partial charge is 0.0776 e. The van der Waals surface area contributed by atoms with Gasteiger partial charge in [-0.2, -0.15) is 0 Å². The van der Waals surface area contributed by atoms with Crippen LogP contribution in [-0.4, -0.2) is 0 Å². The van der Waals surface area contributed by atoms with Crippen molar-refractivity contribution in [2.45, 2.75) is 97.9 Å². The van der Waals surface area contributed by atoms with E-state index < -0.39 is 0 Å². The highest BCUT2D eigenvalue weighted by molar-refractivity contribution is 5.37. The summed E-state index contributed by atoms with van der Waals surface area (Å²) in [6, 6.07) is 25.8. The van der Waals surface area contributed by atoms with E-state index in [1.54, 1.807) is 0 Å². The van der Waals surface area contributed by atoms with Gasteiger partial charge < -0.3 is 0 Å². The molecule has 0 nitrogen and oxygen atoms in total. The van der Waals surface area contributed by atoms with Gasteiger partial charge in [0.2, 0.25) is 0 Å². The van der Waals surface area contributed by atoms with Crippen LogP contribution in [0.4, 0.5) is 0 Å². The van der Waals surface area contributed by atoms with Crippen molar-refractivity contribution in [2.24, 2.45) is 0 Å². The van der Waals surface area contributed by atoms with Crippen molar-refractivity contribution in [2.75, 3.05) is 0 Å². The molecule has 0 atom stereocenters. The average molecular weight is 513 g/mol. The van der Waals surface area contributed by atoms with Gasteiger partial charge in [0, 0.05) is 0 Å². The Morgan fingerprint density at radius 1 is 0.263 bits per heavy atom. The van der Waals surface area contributed by atoms with Crippen molar-refractivity contribution in [3.63, 3.8) is 0 Å². The van der Waals surface area contributed by atoms with Gasteiger partial charge in [0.1, 0.15) is 0 Å². The van der Waals surface area contributed by atoms with E-state index in [1.807, 2.05) is 0 Å². The molecule has 0 heteroatoms. The van der Waals surface area contributed by atoms with Crippen LogP contribution >= 0.6 is 0 Å². The monoisotopic (exact) mass is 512 g/mol. The fourth-order valence-electron chi connectivity index (χ4n) is 3.51. The van der Waals surface area contributed by atoms with E-state index in [0.29, 0.717) is 0 Å². The van der Waals surface area contributed by atoms with Crippen LogP contribution in [0.15, 0.2) is 72.8 Å². The number of aryl methyl sites for hydroxylation is 10. The highest BCUT2D eigenvalue weighted by atomic mass is 14.0. The van der Waals surface area contributed by atoms with Gasteiger partial charge in [-0.25, -0.2) is 0 Å². The summed E-state index contributed by atoms with van der Waals surface area (Å²) in [6.07, 6.45) is 0. The second-order valence-corrected chi connectivity index (χ2v) is 10.3. The van der Waals surface area contributed by atoms with Gasteiger partial charge >= 0.3 is 0 Å². The minimum Gasteiger partial charge on any atom is -0.0776 e. The molecule has 0 N–H and O–H groups in total. The second-order valence-electron chi connectivity index (χ2n) is 10.3. The predicted octanol–water partition coefficient (Wildman–Crippen LogP) is 11.7. The summed E-state index contributed by atoms with van der Waals surface area (Å²) >= 11 is 0. The number of benzene rings is 4. The molecular formula is C38H56. The second kappa shape index (κ2) is 18.2. The normalized spacial score (nSPS) is 9.16. The molecule has 208 valence electrons. The van der Waals surface area contributed by atoms with Gasteiger partial charge in [-0.1, -0.05) is 110 Å². The molecule has 38 heavy (non-hydrogen) atoms. The zero-order chi connectivity index (χ0) is 27.4. The first kappa shape index (κ1) is 37.0. The van der Waals surface area contributed by atoms with Crippen LogP contribution in [0.25, 0.3) is 0 Å². The third-order valence-corrected chi connectivity index (χ3v) is 6.87. The van der Waals surface area contributed by atoms with Gasteiger partial charge in [-0.05, 0) is 128 Å². The quantitative estimate of drug-likeness (QED) is 0.220. The molecule has 4 rings (SSSR count). The summed E-state index contributed by atoms with van der Waals surface area (Å²) in [5.74, 6) is 0. The highest BCUT2D eigenvalue weighted by Gasteiger charge is 1.97. The minimum absolute atomic E-state index is 0. The van der Waals surface area contributed by atoms with Crippen LogP contribution in [0.3, 0.4) is 0 Å². The summed E-state index contributed by atoms with van der Waals surface area (Å²) in [6.45, 7) is 25.6. The molecular weight excluding hydrogens is 456 g/mol. The van der Waals surface area contributed by atoms with E-state index >= 15 is 0 Å². The van der Waals surface area contributed by atoms with Crippen LogP contribution in [0.5, 0.6) is 0 Å². The number of hydrogen-bond acceptors (Lipinski definition) is 0. The first-order chi connectivity index (χ1) is 16.8. The summed E-state index contributed by atoms with van der Waals surface area (Å²) in [4.78, 5) is 0. The van der Waals surface area contributed by atoms with Crippen molar-refractivity contribution in [1.29, 1.82) is 0 Å². The van der Waals surface area contributed by atoms with Crippen molar-refractivity contribution in [1.82, 2.24) is 0 Å². The van der Waals surface area contributed by atoms with E-state index in [1.165, 1.54) is 66.8 Å². The molecule has 4 aromatic carbocycles. The fourth-order valence-corrected chi connectivity index (χ4v) is 3.51. The van der Waals surface area contributed by atoms with Gasteiger partial charge in [0.25, 0.3) is 0 Å². The van der Waals surface area contributed by atoms with Crippen molar-refractivity contribution in [3.05, 3.63) is 140 Å². The zero-order valence-electron chi connectivity index (χ0n) is 24.9. The smallest absolute Gasteiger partial charge is 0.0392 e. The van der Waals surface area contributed by atoms with Crippen LogP contribution in [0.2, 0.25) is 0 Å². The lowest BCUT2D eigenvalue weighted by molar-refractivity contribution is 1.22. The van der Waals surface area contributed by atoms with Crippen molar-refractivity contribution in [3.8, 4) is 0 Å². The van der Waals surface area contributed by atoms with Crippen LogP contribution in [0.1, 0.15) is 81.6 Å². The van der Waals surface area contributed by atoms with Crippen LogP contribution < -0.4 is 0 Å². The number of rotatable bonds is 0. The van der Waals surface area contributed by atoms with E-state index in [4.69, 9.17) is 0 Å². The Balaban J connectivity index is 0. The third-order valence-electron chi connectivity index (χ3n) is 6.87. The van der Waals surface area contributed by atoms with E-state index in [9.17, 15) is 0 Å². The van der Waals surface area contributed by atoms with Crippen molar-refractivity contribution < 1.29 is 0 Å². The molecule has 0 aliphatic heterocycles. The van der Waals surface area contributed by atoms with Crippen LogP contribution in [-0.2, 0) is 0 Å². The fraction of sp³-hybridized carbons (Fsp3) is 0.368. The van der Waals surface area contributed by atoms with Crippen molar-refractivity contribution >= 4 is 0 Å². The first-order valence-corrected chi connectivity index (χ1v) is 13.0. The summed E-state index contributed by atoms with van der Waals surface area (Å²) in [5, 5.41) is 0. The van der Waals surface area contributed by atoms with Gasteiger partial charge in [-0.3, -0.25) is 0 Å². The molecule has 0 bridgehead atoms. The van der Waals surface area contributed by atoms with E-state index in [0.717, 1.165) is 0 Å². The molecule has 0 aliphatic carbocycles. The Labute approximate surface area is 237 Å². The zero-order valence-corrected chi connectivity index (χ0v) is 24.9. The van der Waals surface area contributed by atoms with E-state index in [-0.39, 0.29) is 14.9 Å². The Morgan fingerprint density at radius 2 is 0.500 bits per heavy atom.